The molecule has 1 aromatic rings. The number of aliphatic carboxylic acids is 1. The molecule has 1 aliphatic rings. The Morgan fingerprint density at radius 2 is 1.67 bits per heavy atom. The molecule has 0 heterocycles. The zero-order valence-corrected chi connectivity index (χ0v) is 11.0. The summed E-state index contributed by atoms with van der Waals surface area (Å²) < 4.78 is 39.4. The van der Waals surface area contributed by atoms with Gasteiger partial charge in [0.1, 0.15) is 0 Å². The van der Waals surface area contributed by atoms with Crippen molar-refractivity contribution >= 4 is 17.6 Å². The van der Waals surface area contributed by atoms with Crippen LogP contribution >= 0.6 is 0 Å². The predicted octanol–water partition coefficient (Wildman–Crippen LogP) is 2.93. The summed E-state index contributed by atoms with van der Waals surface area (Å²) >= 11 is 0. The van der Waals surface area contributed by atoms with Gasteiger partial charge in [0.2, 0.25) is 5.91 Å². The van der Waals surface area contributed by atoms with Gasteiger partial charge in [0.15, 0.2) is 17.5 Å². The van der Waals surface area contributed by atoms with E-state index in [-0.39, 0.29) is 0 Å². The summed E-state index contributed by atoms with van der Waals surface area (Å²) in [7, 11) is 0. The zero-order chi connectivity index (χ0) is 15.6. The third-order valence-electron chi connectivity index (χ3n) is 3.71. The van der Waals surface area contributed by atoms with Crippen LogP contribution < -0.4 is 5.32 Å². The molecule has 2 atom stereocenters. The van der Waals surface area contributed by atoms with E-state index in [1.165, 1.54) is 0 Å². The highest BCUT2D eigenvalue weighted by Crippen LogP contribution is 2.31. The minimum absolute atomic E-state index is 0.369. The summed E-state index contributed by atoms with van der Waals surface area (Å²) in [4.78, 5) is 23.2. The minimum Gasteiger partial charge on any atom is -0.481 e. The number of nitrogens with one attached hydrogen (secondary N) is 1. The van der Waals surface area contributed by atoms with Crippen LogP contribution in [-0.4, -0.2) is 17.0 Å². The lowest BCUT2D eigenvalue weighted by Gasteiger charge is -2.27. The maximum absolute atomic E-state index is 13.5. The van der Waals surface area contributed by atoms with Gasteiger partial charge in [-0.3, -0.25) is 9.59 Å². The van der Waals surface area contributed by atoms with Crippen LogP contribution in [-0.2, 0) is 9.59 Å². The van der Waals surface area contributed by atoms with Crippen LogP contribution in [0.1, 0.15) is 25.7 Å². The van der Waals surface area contributed by atoms with E-state index in [0.717, 1.165) is 6.07 Å². The average molecular weight is 301 g/mol. The van der Waals surface area contributed by atoms with E-state index in [1.807, 2.05) is 0 Å². The molecule has 7 heteroatoms. The van der Waals surface area contributed by atoms with Crippen LogP contribution in [0.3, 0.4) is 0 Å². The first-order valence-corrected chi connectivity index (χ1v) is 6.59. The first-order valence-electron chi connectivity index (χ1n) is 6.59. The Kier molecular flexibility index (Phi) is 4.50. The normalized spacial score (nSPS) is 21.9. The van der Waals surface area contributed by atoms with Crippen molar-refractivity contribution in [2.75, 3.05) is 5.32 Å². The van der Waals surface area contributed by atoms with Crippen molar-refractivity contribution in [1.82, 2.24) is 0 Å². The molecule has 2 N–H and O–H groups in total. The van der Waals surface area contributed by atoms with Crippen LogP contribution in [0, 0.1) is 29.3 Å². The molecule has 0 bridgehead atoms. The molecule has 0 saturated heterocycles. The lowest BCUT2D eigenvalue weighted by molar-refractivity contribution is -0.147. The van der Waals surface area contributed by atoms with E-state index in [4.69, 9.17) is 5.11 Å². The molecule has 1 aliphatic carbocycles. The van der Waals surface area contributed by atoms with E-state index >= 15 is 0 Å². The number of hydrogen-bond donors (Lipinski definition) is 2. The van der Waals surface area contributed by atoms with Crippen molar-refractivity contribution in [2.24, 2.45) is 11.8 Å². The highest BCUT2D eigenvalue weighted by molar-refractivity contribution is 5.95. The molecule has 0 aromatic heterocycles. The summed E-state index contributed by atoms with van der Waals surface area (Å²) in [5.41, 5.74) is -0.492. The SMILES string of the molecule is O=C(O)[C@H]1CCCC[C@H]1C(=O)Nc1ccc(F)c(F)c1F. The van der Waals surface area contributed by atoms with Gasteiger partial charge in [-0.2, -0.15) is 0 Å². The van der Waals surface area contributed by atoms with Gasteiger partial charge in [-0.1, -0.05) is 12.8 Å². The van der Waals surface area contributed by atoms with Gasteiger partial charge >= 0.3 is 5.97 Å². The Balaban J connectivity index is 2.17. The summed E-state index contributed by atoms with van der Waals surface area (Å²) in [6.07, 6.45) is 2.14. The maximum atomic E-state index is 13.5. The Bertz CT molecular complexity index is 577. The fourth-order valence-electron chi connectivity index (χ4n) is 2.59. The number of carboxylic acids is 1. The van der Waals surface area contributed by atoms with Crippen molar-refractivity contribution in [3.63, 3.8) is 0 Å². The van der Waals surface area contributed by atoms with Crippen molar-refractivity contribution in [1.29, 1.82) is 0 Å². The quantitative estimate of drug-likeness (QED) is 0.844. The van der Waals surface area contributed by atoms with Gasteiger partial charge in [0, 0.05) is 0 Å². The number of anilines is 1. The summed E-state index contributed by atoms with van der Waals surface area (Å²) in [5, 5.41) is 11.2. The molecule has 1 aromatic carbocycles. The largest absolute Gasteiger partial charge is 0.481 e. The molecule has 1 saturated carbocycles. The third kappa shape index (κ3) is 3.17. The Morgan fingerprint density at radius 1 is 1.05 bits per heavy atom. The number of benzene rings is 1. The first kappa shape index (κ1) is 15.3. The summed E-state index contributed by atoms with van der Waals surface area (Å²) in [6.45, 7) is 0. The first-order chi connectivity index (χ1) is 9.91. The smallest absolute Gasteiger partial charge is 0.307 e. The van der Waals surface area contributed by atoms with Gasteiger partial charge in [0.25, 0.3) is 0 Å². The third-order valence-corrected chi connectivity index (χ3v) is 3.71. The van der Waals surface area contributed by atoms with Crippen molar-refractivity contribution in [3.8, 4) is 0 Å². The second-order valence-electron chi connectivity index (χ2n) is 5.05. The number of halogens is 3. The van der Waals surface area contributed by atoms with Crippen LogP contribution in [0.25, 0.3) is 0 Å². The molecule has 4 nitrogen and oxygen atoms in total. The topological polar surface area (TPSA) is 66.4 Å². The second-order valence-corrected chi connectivity index (χ2v) is 5.05. The predicted molar refractivity (Wildman–Crippen MR) is 68.0 cm³/mol. The molecular formula is C14H14F3NO3. The van der Waals surface area contributed by atoms with Crippen molar-refractivity contribution in [2.45, 2.75) is 25.7 Å². The lowest BCUT2D eigenvalue weighted by atomic mass is 9.78. The number of rotatable bonds is 3. The number of hydrogen-bond acceptors (Lipinski definition) is 2. The molecule has 2 rings (SSSR count). The number of carboxylic acid groups (broad SMARTS) is 1. The minimum atomic E-state index is -1.67. The molecule has 21 heavy (non-hydrogen) atoms. The molecule has 0 unspecified atom stereocenters. The van der Waals surface area contributed by atoms with Crippen LogP contribution in [0.15, 0.2) is 12.1 Å². The van der Waals surface area contributed by atoms with Crippen LogP contribution in [0.2, 0.25) is 0 Å². The highest BCUT2D eigenvalue weighted by Gasteiger charge is 2.36. The fourth-order valence-corrected chi connectivity index (χ4v) is 2.59. The molecule has 114 valence electrons. The van der Waals surface area contributed by atoms with Gasteiger partial charge in [-0.05, 0) is 25.0 Å². The Morgan fingerprint density at radius 3 is 2.29 bits per heavy atom. The molecule has 0 spiro atoms. The molecule has 1 fully saturated rings. The molecule has 1 amide bonds. The van der Waals surface area contributed by atoms with E-state index in [9.17, 15) is 22.8 Å². The standard InChI is InChI=1S/C14H14F3NO3/c15-9-5-6-10(12(17)11(9)16)18-13(19)7-3-1-2-4-8(7)14(20)21/h5-8H,1-4H2,(H,18,19)(H,20,21)/t7-,8+/m1/s1. The summed E-state index contributed by atoms with van der Waals surface area (Å²) in [6, 6.07) is 1.60. The van der Waals surface area contributed by atoms with Crippen LogP contribution in [0.5, 0.6) is 0 Å². The van der Waals surface area contributed by atoms with Gasteiger partial charge in [0.05, 0.1) is 17.5 Å². The average Bonchev–Trinajstić information content (AvgIpc) is 2.47. The van der Waals surface area contributed by atoms with E-state index in [0.29, 0.717) is 31.7 Å². The number of carbonyl (C=O) groups is 2. The second kappa shape index (κ2) is 6.15. The van der Waals surface area contributed by atoms with Gasteiger partial charge in [-0.15, -0.1) is 0 Å². The van der Waals surface area contributed by atoms with Crippen molar-refractivity contribution in [3.05, 3.63) is 29.6 Å². The van der Waals surface area contributed by atoms with Gasteiger partial charge in [-0.25, -0.2) is 13.2 Å². The molecular weight excluding hydrogens is 287 g/mol. The van der Waals surface area contributed by atoms with E-state index in [2.05, 4.69) is 5.32 Å². The molecule has 0 aliphatic heterocycles. The van der Waals surface area contributed by atoms with Crippen LogP contribution in [0.4, 0.5) is 18.9 Å². The van der Waals surface area contributed by atoms with E-state index < -0.39 is 46.9 Å². The van der Waals surface area contributed by atoms with E-state index in [1.54, 1.807) is 0 Å². The number of carbonyl (C=O) groups excluding carboxylic acids is 1. The lowest BCUT2D eigenvalue weighted by Crippen LogP contribution is -2.36. The number of amides is 1. The fraction of sp³-hybridized carbons (Fsp3) is 0.429. The van der Waals surface area contributed by atoms with Gasteiger partial charge < -0.3 is 10.4 Å². The zero-order valence-electron chi connectivity index (χ0n) is 11.0. The summed E-state index contributed by atoms with van der Waals surface area (Å²) in [5.74, 6) is -7.94. The van der Waals surface area contributed by atoms with Crippen molar-refractivity contribution < 1.29 is 27.9 Å². The Hall–Kier alpha value is -2.05. The highest BCUT2D eigenvalue weighted by atomic mass is 19.2. The maximum Gasteiger partial charge on any atom is 0.307 e. The molecule has 0 radical (unpaired) electrons. The Labute approximate surface area is 119 Å². The monoisotopic (exact) mass is 301 g/mol.